The van der Waals surface area contributed by atoms with Crippen LogP contribution in [-0.2, 0) is 16.6 Å². The Bertz CT molecular complexity index is 1280. The van der Waals surface area contributed by atoms with E-state index in [0.29, 0.717) is 35.2 Å². The highest BCUT2D eigenvalue weighted by atomic mass is 32.2. The summed E-state index contributed by atoms with van der Waals surface area (Å²) in [5.41, 5.74) is 4.34. The zero-order valence-corrected chi connectivity index (χ0v) is 20.4. The van der Waals surface area contributed by atoms with Gasteiger partial charge in [-0.1, -0.05) is 55.0 Å². The molecule has 1 heterocycles. The molecule has 2 atom stereocenters. The first-order chi connectivity index (χ1) is 16.4. The average Bonchev–Trinajstić information content (AvgIpc) is 3.23. The Kier molecular flexibility index (Phi) is 7.38. The van der Waals surface area contributed by atoms with Gasteiger partial charge in [0.05, 0.1) is 22.2 Å². The number of hydrogen-bond acceptors (Lipinski definition) is 4. The van der Waals surface area contributed by atoms with Crippen molar-refractivity contribution >= 4 is 16.7 Å². The van der Waals surface area contributed by atoms with E-state index in [1.54, 1.807) is 12.1 Å². The molecule has 34 heavy (non-hydrogen) atoms. The van der Waals surface area contributed by atoms with Gasteiger partial charge in [-0.2, -0.15) is 0 Å². The number of nitrogens with one attached hydrogen (secondary N) is 1. The molecule has 0 saturated carbocycles. The molecule has 1 N–H and O–H groups in total. The lowest BCUT2D eigenvalue weighted by Crippen LogP contribution is -2.27. The zero-order valence-electron chi connectivity index (χ0n) is 19.6. The summed E-state index contributed by atoms with van der Waals surface area (Å²) in [6.07, 6.45) is 0. The molecule has 0 aliphatic rings. The summed E-state index contributed by atoms with van der Waals surface area (Å²) in [4.78, 5) is 17.9. The van der Waals surface area contributed by atoms with Crippen LogP contribution in [0, 0.1) is 13.8 Å². The summed E-state index contributed by atoms with van der Waals surface area (Å²) >= 11 is 0. The summed E-state index contributed by atoms with van der Waals surface area (Å²) in [5.74, 6) is 1.50. The molecule has 5 nitrogen and oxygen atoms in total. The zero-order chi connectivity index (χ0) is 24.1. The van der Waals surface area contributed by atoms with E-state index < -0.39 is 10.8 Å². The van der Waals surface area contributed by atoms with Crippen molar-refractivity contribution < 1.29 is 13.4 Å². The lowest BCUT2D eigenvalue weighted by Gasteiger charge is -2.13. The maximum Gasteiger partial charge on any atom is 0.251 e. The van der Waals surface area contributed by atoms with Crippen molar-refractivity contribution in [3.05, 3.63) is 107 Å². The summed E-state index contributed by atoms with van der Waals surface area (Å²) in [7, 11) is -1.20. The number of nitrogens with zero attached hydrogens (tertiary/aromatic N) is 1. The van der Waals surface area contributed by atoms with Gasteiger partial charge in [0.15, 0.2) is 0 Å². The molecule has 4 aromatic rings. The summed E-state index contributed by atoms with van der Waals surface area (Å²) in [6.45, 7) is 6.48. The van der Waals surface area contributed by atoms with Crippen LogP contribution in [0.1, 0.15) is 45.8 Å². The molecule has 6 heteroatoms. The number of aryl methyl sites for hydroxylation is 2. The first-order valence-corrected chi connectivity index (χ1v) is 12.6. The van der Waals surface area contributed by atoms with Crippen LogP contribution in [0.5, 0.6) is 0 Å². The summed E-state index contributed by atoms with van der Waals surface area (Å²) in [5, 5.41) is 3.00. The number of carbonyl (C=O) groups excluding carboxylic acids is 1. The molecule has 0 unspecified atom stereocenters. The first kappa shape index (κ1) is 23.6. The van der Waals surface area contributed by atoms with E-state index in [-0.39, 0.29) is 11.8 Å². The van der Waals surface area contributed by atoms with Gasteiger partial charge in [-0.3, -0.25) is 9.00 Å². The quantitative estimate of drug-likeness (QED) is 0.352. The maximum absolute atomic E-state index is 12.7. The second kappa shape index (κ2) is 10.6. The molecule has 1 aromatic heterocycles. The van der Waals surface area contributed by atoms with E-state index in [1.807, 2.05) is 68.4 Å². The average molecular weight is 473 g/mol. The van der Waals surface area contributed by atoms with Crippen LogP contribution in [0.3, 0.4) is 0 Å². The molecule has 0 aliphatic heterocycles. The molecular formula is C28H28N2O3S. The van der Waals surface area contributed by atoms with E-state index in [2.05, 4.69) is 29.4 Å². The van der Waals surface area contributed by atoms with Crippen LogP contribution in [0.4, 0.5) is 0 Å². The minimum Gasteiger partial charge on any atom is -0.441 e. The molecule has 4 rings (SSSR count). The van der Waals surface area contributed by atoms with Crippen LogP contribution in [0.2, 0.25) is 0 Å². The molecule has 0 bridgehead atoms. The van der Waals surface area contributed by atoms with Gasteiger partial charge in [0, 0.05) is 22.6 Å². The van der Waals surface area contributed by atoms with Crippen LogP contribution >= 0.6 is 0 Å². The van der Waals surface area contributed by atoms with Crippen LogP contribution in [-0.4, -0.2) is 21.6 Å². The minimum absolute atomic E-state index is 0.118. The van der Waals surface area contributed by atoms with Crippen molar-refractivity contribution in [1.29, 1.82) is 0 Å². The largest absolute Gasteiger partial charge is 0.441 e. The van der Waals surface area contributed by atoms with E-state index in [4.69, 9.17) is 4.42 Å². The van der Waals surface area contributed by atoms with Crippen molar-refractivity contribution in [3.63, 3.8) is 0 Å². The van der Waals surface area contributed by atoms with E-state index in [1.165, 1.54) is 5.56 Å². The fraction of sp³-hybridized carbons (Fsp3) is 0.214. The highest BCUT2D eigenvalue weighted by Crippen LogP contribution is 2.24. The molecule has 0 fully saturated rings. The van der Waals surface area contributed by atoms with Gasteiger partial charge in [0.1, 0.15) is 5.76 Å². The highest BCUT2D eigenvalue weighted by Gasteiger charge is 2.16. The van der Waals surface area contributed by atoms with Gasteiger partial charge < -0.3 is 9.73 Å². The van der Waals surface area contributed by atoms with E-state index in [9.17, 15) is 9.00 Å². The third kappa shape index (κ3) is 5.69. The Morgan fingerprint density at radius 2 is 1.65 bits per heavy atom. The molecule has 0 spiro atoms. The molecular weight excluding hydrogens is 444 g/mol. The van der Waals surface area contributed by atoms with Crippen molar-refractivity contribution in [2.75, 3.05) is 6.54 Å². The van der Waals surface area contributed by atoms with Crippen molar-refractivity contribution in [1.82, 2.24) is 10.3 Å². The maximum atomic E-state index is 12.7. The third-order valence-electron chi connectivity index (χ3n) is 5.78. The fourth-order valence-electron chi connectivity index (χ4n) is 3.59. The van der Waals surface area contributed by atoms with Gasteiger partial charge in [0.2, 0.25) is 5.89 Å². The second-order valence-electron chi connectivity index (χ2n) is 8.42. The topological polar surface area (TPSA) is 72.2 Å². The van der Waals surface area contributed by atoms with Crippen molar-refractivity contribution in [3.8, 4) is 11.5 Å². The standard InChI is InChI=1S/C28H28N2O3S/c1-19-9-15-25(16-10-19)34(32)18-26-21(3)33-28(30-26)24-13-11-23(12-14-24)27(31)29-17-20(2)22-7-5-4-6-8-22/h4-16,20H,17-18H2,1-3H3,(H,29,31)/t20-,34+/m1/s1. The Hall–Kier alpha value is -3.51. The Morgan fingerprint density at radius 1 is 0.971 bits per heavy atom. The highest BCUT2D eigenvalue weighted by molar-refractivity contribution is 7.84. The Labute approximate surface area is 202 Å². The molecule has 0 aliphatic carbocycles. The number of benzene rings is 3. The monoisotopic (exact) mass is 472 g/mol. The summed E-state index contributed by atoms with van der Waals surface area (Å²) in [6, 6.07) is 25.0. The predicted molar refractivity (Wildman–Crippen MR) is 135 cm³/mol. The summed E-state index contributed by atoms with van der Waals surface area (Å²) < 4.78 is 18.6. The first-order valence-electron chi connectivity index (χ1n) is 11.3. The number of aromatic nitrogens is 1. The molecule has 0 radical (unpaired) electrons. The van der Waals surface area contributed by atoms with Crippen LogP contribution in [0.15, 0.2) is 88.2 Å². The molecule has 0 saturated heterocycles. The van der Waals surface area contributed by atoms with Gasteiger partial charge in [0.25, 0.3) is 5.91 Å². The van der Waals surface area contributed by atoms with Crippen LogP contribution in [0.25, 0.3) is 11.5 Å². The number of carbonyl (C=O) groups is 1. The van der Waals surface area contributed by atoms with E-state index in [0.717, 1.165) is 16.0 Å². The predicted octanol–water partition coefficient (Wildman–Crippen LogP) is 5.80. The number of amides is 1. The fourth-order valence-corrected chi connectivity index (χ4v) is 4.72. The smallest absolute Gasteiger partial charge is 0.251 e. The number of oxazole rings is 1. The van der Waals surface area contributed by atoms with Gasteiger partial charge >= 0.3 is 0 Å². The van der Waals surface area contributed by atoms with Gasteiger partial charge in [-0.05, 0) is 61.7 Å². The second-order valence-corrected chi connectivity index (χ2v) is 9.88. The third-order valence-corrected chi connectivity index (χ3v) is 7.11. The van der Waals surface area contributed by atoms with Gasteiger partial charge in [-0.15, -0.1) is 0 Å². The normalized spacial score (nSPS) is 12.8. The molecule has 3 aromatic carbocycles. The van der Waals surface area contributed by atoms with Gasteiger partial charge in [-0.25, -0.2) is 4.98 Å². The van der Waals surface area contributed by atoms with Crippen molar-refractivity contribution in [2.24, 2.45) is 0 Å². The minimum atomic E-state index is -1.20. The molecule has 1 amide bonds. The number of rotatable bonds is 8. The SMILES string of the molecule is Cc1ccc([S@@](=O)Cc2nc(-c3ccc(C(=O)NC[C@@H](C)c4ccccc4)cc3)oc2C)cc1. The number of hydrogen-bond donors (Lipinski definition) is 1. The lowest BCUT2D eigenvalue weighted by atomic mass is 10.0. The molecule has 174 valence electrons. The van der Waals surface area contributed by atoms with E-state index >= 15 is 0 Å². The Balaban J connectivity index is 1.39. The van der Waals surface area contributed by atoms with Crippen LogP contribution < -0.4 is 5.32 Å². The lowest BCUT2D eigenvalue weighted by molar-refractivity contribution is 0.0951. The Morgan fingerprint density at radius 3 is 2.32 bits per heavy atom. The van der Waals surface area contributed by atoms with Crippen molar-refractivity contribution in [2.45, 2.75) is 37.3 Å².